The maximum Gasteiger partial charge on any atom is 0.309 e. The number of halogens is 1. The largest absolute Gasteiger partial charge is 0.466 e. The monoisotopic (exact) mass is 640 g/mol. The Labute approximate surface area is 278 Å². The molecule has 1 aromatic heterocycles. The van der Waals surface area contributed by atoms with Crippen LogP contribution >= 0.6 is 11.6 Å². The Morgan fingerprint density at radius 1 is 0.848 bits per heavy atom. The summed E-state index contributed by atoms with van der Waals surface area (Å²) < 4.78 is 13.8. The third-order valence-corrected chi connectivity index (χ3v) is 10.0. The smallest absolute Gasteiger partial charge is 0.309 e. The average Bonchev–Trinajstić information content (AvgIpc) is 3.47. The molecule has 3 aromatic carbocycles. The standard InChI is InChI=1S/C38H45ClN4O3/c1-2-46-37(44)31-17-21-42(22-18-31)29-45-27-36-35(40-28-43(36)25-30-13-15-34(39)16-14-30)26-41-23-19-38(20-24-41,32-9-5-3-6-10-32)33-11-7-4-8-12-33/h3-16,28,31H,2,17-27,29H2,1H3. The molecule has 46 heavy (non-hydrogen) atoms. The van der Waals surface area contributed by atoms with Crippen LogP contribution < -0.4 is 0 Å². The van der Waals surface area contributed by atoms with E-state index in [1.807, 2.05) is 25.4 Å². The molecule has 0 radical (unpaired) electrons. The number of aromatic nitrogens is 2. The fraction of sp³-hybridized carbons (Fsp3) is 0.421. The van der Waals surface area contributed by atoms with Gasteiger partial charge in [0.25, 0.3) is 0 Å². The van der Waals surface area contributed by atoms with Crippen LogP contribution in [0.25, 0.3) is 0 Å². The second-order valence-electron chi connectivity index (χ2n) is 12.6. The quantitative estimate of drug-likeness (QED) is 0.157. The summed E-state index contributed by atoms with van der Waals surface area (Å²) in [6.45, 7) is 8.45. The number of esters is 1. The topological polar surface area (TPSA) is 59.8 Å². The van der Waals surface area contributed by atoms with Gasteiger partial charge in [-0.1, -0.05) is 84.4 Å². The minimum absolute atomic E-state index is 0.00401. The molecular formula is C38H45ClN4O3. The minimum atomic E-state index is -0.0682. The number of carbonyl (C=O) groups excluding carboxylic acids is 1. The Balaban J connectivity index is 1.13. The molecule has 0 aliphatic carbocycles. The van der Waals surface area contributed by atoms with E-state index in [-0.39, 0.29) is 17.3 Å². The maximum atomic E-state index is 12.2. The van der Waals surface area contributed by atoms with Crippen molar-refractivity contribution in [3.8, 4) is 0 Å². The summed E-state index contributed by atoms with van der Waals surface area (Å²) in [4.78, 5) is 21.9. The zero-order chi connectivity index (χ0) is 31.8. The number of hydrogen-bond acceptors (Lipinski definition) is 6. The molecule has 4 aromatic rings. The predicted octanol–water partition coefficient (Wildman–Crippen LogP) is 6.92. The number of ether oxygens (including phenoxy) is 2. The summed E-state index contributed by atoms with van der Waals surface area (Å²) in [5.41, 5.74) is 6.16. The number of rotatable bonds is 12. The molecule has 0 saturated carbocycles. The van der Waals surface area contributed by atoms with E-state index >= 15 is 0 Å². The summed E-state index contributed by atoms with van der Waals surface area (Å²) in [5, 5.41) is 0.734. The van der Waals surface area contributed by atoms with Gasteiger partial charge >= 0.3 is 5.97 Å². The Kier molecular flexibility index (Phi) is 10.9. The highest BCUT2D eigenvalue weighted by Gasteiger charge is 2.38. The van der Waals surface area contributed by atoms with Gasteiger partial charge in [-0.15, -0.1) is 0 Å². The van der Waals surface area contributed by atoms with E-state index in [0.717, 1.165) is 74.8 Å². The molecule has 6 rings (SSSR count). The number of benzene rings is 3. The van der Waals surface area contributed by atoms with E-state index in [2.05, 4.69) is 87.2 Å². The maximum absolute atomic E-state index is 12.2. The lowest BCUT2D eigenvalue weighted by atomic mass is 9.68. The molecule has 2 saturated heterocycles. The predicted molar refractivity (Wildman–Crippen MR) is 182 cm³/mol. The van der Waals surface area contributed by atoms with E-state index in [1.54, 1.807) is 0 Å². The van der Waals surface area contributed by atoms with Crippen molar-refractivity contribution in [3.05, 3.63) is 124 Å². The Hall–Kier alpha value is -3.49. The van der Waals surface area contributed by atoms with Crippen LogP contribution in [0.3, 0.4) is 0 Å². The number of carbonyl (C=O) groups is 1. The first-order valence-electron chi connectivity index (χ1n) is 16.6. The first-order chi connectivity index (χ1) is 22.5. The van der Waals surface area contributed by atoms with Crippen LogP contribution in [0, 0.1) is 5.92 Å². The van der Waals surface area contributed by atoms with Crippen LogP contribution in [0.5, 0.6) is 0 Å². The first-order valence-corrected chi connectivity index (χ1v) is 17.0. The van der Waals surface area contributed by atoms with Gasteiger partial charge in [-0.3, -0.25) is 14.6 Å². The molecule has 0 bridgehead atoms. The highest BCUT2D eigenvalue weighted by Crippen LogP contribution is 2.42. The van der Waals surface area contributed by atoms with Crippen molar-refractivity contribution >= 4 is 17.6 Å². The molecule has 2 aliphatic heterocycles. The van der Waals surface area contributed by atoms with Gasteiger partial charge in [-0.2, -0.15) is 0 Å². The van der Waals surface area contributed by atoms with E-state index in [9.17, 15) is 4.79 Å². The number of piperidine rings is 2. The molecule has 0 unspecified atom stereocenters. The van der Waals surface area contributed by atoms with Gasteiger partial charge < -0.3 is 14.0 Å². The van der Waals surface area contributed by atoms with Crippen molar-refractivity contribution in [1.82, 2.24) is 19.4 Å². The summed E-state index contributed by atoms with van der Waals surface area (Å²) in [6.07, 6.45) is 5.69. The van der Waals surface area contributed by atoms with Crippen molar-refractivity contribution < 1.29 is 14.3 Å². The lowest BCUT2D eigenvalue weighted by Crippen LogP contribution is -2.43. The Bertz CT molecular complexity index is 1490. The molecule has 242 valence electrons. The lowest BCUT2D eigenvalue weighted by molar-refractivity contribution is -0.150. The fourth-order valence-corrected chi connectivity index (χ4v) is 7.19. The lowest BCUT2D eigenvalue weighted by Gasteiger charge is -2.43. The van der Waals surface area contributed by atoms with Crippen LogP contribution in [-0.4, -0.2) is 64.8 Å². The third kappa shape index (κ3) is 7.72. The van der Waals surface area contributed by atoms with Gasteiger partial charge in [0, 0.05) is 36.6 Å². The molecule has 0 amide bonds. The SMILES string of the molecule is CCOC(=O)C1CCN(COCc2c(CN3CCC(c4ccccc4)(c4ccccc4)CC3)ncn2Cc2ccc(Cl)cc2)CC1. The number of hydrogen-bond donors (Lipinski definition) is 0. The number of nitrogens with zero attached hydrogens (tertiary/aromatic N) is 4. The van der Waals surface area contributed by atoms with Gasteiger partial charge in [0.2, 0.25) is 0 Å². The van der Waals surface area contributed by atoms with Crippen LogP contribution in [0.1, 0.15) is 60.7 Å². The molecule has 2 fully saturated rings. The third-order valence-electron chi connectivity index (χ3n) is 9.75. The van der Waals surface area contributed by atoms with Crippen LogP contribution in [-0.2, 0) is 39.4 Å². The van der Waals surface area contributed by atoms with Crippen LogP contribution in [0.4, 0.5) is 0 Å². The van der Waals surface area contributed by atoms with Crippen LogP contribution in [0.2, 0.25) is 5.02 Å². The van der Waals surface area contributed by atoms with E-state index in [0.29, 0.717) is 26.5 Å². The van der Waals surface area contributed by atoms with Gasteiger partial charge in [0.15, 0.2) is 0 Å². The average molecular weight is 641 g/mol. The molecule has 8 heteroatoms. The summed E-state index contributed by atoms with van der Waals surface area (Å²) in [6, 6.07) is 30.0. The van der Waals surface area contributed by atoms with Crippen molar-refractivity contribution in [1.29, 1.82) is 0 Å². The normalized spacial score (nSPS) is 17.6. The molecule has 3 heterocycles. The van der Waals surface area contributed by atoms with Crippen LogP contribution in [0.15, 0.2) is 91.3 Å². The second kappa shape index (κ2) is 15.4. The summed E-state index contributed by atoms with van der Waals surface area (Å²) in [7, 11) is 0. The van der Waals surface area contributed by atoms with Gasteiger partial charge in [0.05, 0.1) is 43.6 Å². The second-order valence-corrected chi connectivity index (χ2v) is 13.0. The molecule has 2 aliphatic rings. The highest BCUT2D eigenvalue weighted by atomic mass is 35.5. The van der Waals surface area contributed by atoms with E-state index in [4.69, 9.17) is 26.1 Å². The Morgan fingerprint density at radius 2 is 1.48 bits per heavy atom. The number of likely N-dealkylation sites (tertiary alicyclic amines) is 2. The first kappa shape index (κ1) is 32.5. The van der Waals surface area contributed by atoms with Crippen molar-refractivity contribution in [2.24, 2.45) is 5.92 Å². The van der Waals surface area contributed by atoms with Crippen molar-refractivity contribution in [2.45, 2.75) is 57.7 Å². The molecular weight excluding hydrogens is 596 g/mol. The van der Waals surface area contributed by atoms with Gasteiger partial charge in [-0.05, 0) is 74.5 Å². The van der Waals surface area contributed by atoms with Crippen molar-refractivity contribution in [3.63, 3.8) is 0 Å². The zero-order valence-corrected chi connectivity index (χ0v) is 27.6. The molecule has 0 N–H and O–H groups in total. The highest BCUT2D eigenvalue weighted by molar-refractivity contribution is 6.30. The number of imidazole rings is 1. The zero-order valence-electron chi connectivity index (χ0n) is 26.8. The molecule has 0 spiro atoms. The minimum Gasteiger partial charge on any atom is -0.466 e. The fourth-order valence-electron chi connectivity index (χ4n) is 7.06. The van der Waals surface area contributed by atoms with E-state index < -0.39 is 0 Å². The van der Waals surface area contributed by atoms with Gasteiger partial charge in [-0.25, -0.2) is 4.98 Å². The Morgan fingerprint density at radius 3 is 2.09 bits per heavy atom. The van der Waals surface area contributed by atoms with Crippen molar-refractivity contribution in [2.75, 3.05) is 39.5 Å². The van der Waals surface area contributed by atoms with Gasteiger partial charge in [0.1, 0.15) is 0 Å². The van der Waals surface area contributed by atoms with E-state index in [1.165, 1.54) is 16.7 Å². The summed E-state index contributed by atoms with van der Waals surface area (Å²) in [5.74, 6) is -0.0722. The molecule has 0 atom stereocenters. The molecule has 7 nitrogen and oxygen atoms in total. The summed E-state index contributed by atoms with van der Waals surface area (Å²) >= 11 is 6.17.